The van der Waals surface area contributed by atoms with Crippen LogP contribution in [0.1, 0.15) is 19.4 Å². The van der Waals surface area contributed by atoms with Gasteiger partial charge in [-0.15, -0.1) is 0 Å². The summed E-state index contributed by atoms with van der Waals surface area (Å²) >= 11 is 0. The Kier molecular flexibility index (Phi) is 4.86. The monoisotopic (exact) mass is 275 g/mol. The van der Waals surface area contributed by atoms with Gasteiger partial charge in [-0.05, 0) is 30.7 Å². The Hall–Kier alpha value is -1.48. The molecule has 3 heteroatoms. The Morgan fingerprint density at radius 3 is 2.53 bits per heavy atom. The van der Waals surface area contributed by atoms with Gasteiger partial charge in [0.05, 0.1) is 6.61 Å². The quantitative estimate of drug-likeness (QED) is 0.619. The van der Waals surface area contributed by atoms with Gasteiger partial charge in [-0.3, -0.25) is 0 Å². The lowest BCUT2D eigenvalue weighted by Crippen LogP contribution is -2.21. The summed E-state index contributed by atoms with van der Waals surface area (Å²) in [6.07, 6.45) is 0. The third kappa shape index (κ3) is 3.51. The first-order chi connectivity index (χ1) is 9.24. The van der Waals surface area contributed by atoms with Gasteiger partial charge in [0.2, 0.25) is 0 Å². The lowest BCUT2D eigenvalue weighted by Gasteiger charge is -2.05. The zero-order valence-corrected chi connectivity index (χ0v) is 12.2. The molecule has 0 aromatic heterocycles. The van der Waals surface area contributed by atoms with Crippen LogP contribution in [0.4, 0.5) is 4.79 Å². The molecule has 0 aliphatic heterocycles. The summed E-state index contributed by atoms with van der Waals surface area (Å²) in [5.41, 5.74) is 1.21. The second-order valence-corrected chi connectivity index (χ2v) is 6.48. The van der Waals surface area contributed by atoms with E-state index in [4.69, 9.17) is 4.74 Å². The lowest BCUT2D eigenvalue weighted by atomic mass is 10.1. The van der Waals surface area contributed by atoms with Gasteiger partial charge in [-0.1, -0.05) is 36.4 Å². The smallest absolute Gasteiger partial charge is 0.426 e. The van der Waals surface area contributed by atoms with E-state index in [1.807, 2.05) is 26.0 Å². The first-order valence-electron chi connectivity index (χ1n) is 6.56. The molecular weight excluding hydrogens is 256 g/mol. The Morgan fingerprint density at radius 1 is 1.11 bits per heavy atom. The minimum atomic E-state index is -0.331. The highest BCUT2D eigenvalue weighted by Gasteiger charge is 2.29. The summed E-state index contributed by atoms with van der Waals surface area (Å²) in [6, 6.07) is 14.7. The van der Waals surface area contributed by atoms with Crippen molar-refractivity contribution < 1.29 is 9.53 Å². The molecule has 0 saturated heterocycles. The molecular formula is C16H19O2S+. The minimum absolute atomic E-state index is 0.0573. The van der Waals surface area contributed by atoms with E-state index >= 15 is 0 Å². The molecule has 0 radical (unpaired) electrons. The highest BCUT2D eigenvalue weighted by molar-refractivity contribution is 8.09. The van der Waals surface area contributed by atoms with E-state index in [0.717, 1.165) is 11.5 Å². The molecule has 1 atom stereocenters. The number of carbonyl (C=O) groups is 1. The molecule has 0 aliphatic carbocycles. The Labute approximate surface area is 117 Å². The Balaban J connectivity index is 2.17. The van der Waals surface area contributed by atoms with Crippen LogP contribution in [0.2, 0.25) is 0 Å². The van der Waals surface area contributed by atoms with Crippen molar-refractivity contribution in [2.75, 3.05) is 12.4 Å². The van der Waals surface area contributed by atoms with Crippen molar-refractivity contribution in [2.45, 2.75) is 19.6 Å². The summed E-state index contributed by atoms with van der Waals surface area (Å²) in [7, 11) is -0.331. The predicted octanol–water partition coefficient (Wildman–Crippen LogP) is 4.13. The molecule has 2 aromatic carbocycles. The Bertz CT molecular complexity index is 565. The second-order valence-electron chi connectivity index (χ2n) is 4.29. The molecule has 0 heterocycles. The van der Waals surface area contributed by atoms with Gasteiger partial charge in [-0.2, -0.15) is 4.79 Å². The summed E-state index contributed by atoms with van der Waals surface area (Å²) in [5.74, 6) is 1.62. The van der Waals surface area contributed by atoms with Crippen molar-refractivity contribution in [1.82, 2.24) is 0 Å². The van der Waals surface area contributed by atoms with Crippen LogP contribution in [0.5, 0.6) is 0 Å². The number of rotatable bonds is 4. The SMILES string of the molecule is CCOC(=O)[S+](CC)Cc1ccc2ccccc2c1. The molecule has 100 valence electrons. The summed E-state index contributed by atoms with van der Waals surface area (Å²) < 4.78 is 5.13. The van der Waals surface area contributed by atoms with Crippen molar-refractivity contribution in [1.29, 1.82) is 0 Å². The van der Waals surface area contributed by atoms with E-state index in [9.17, 15) is 4.79 Å². The highest BCUT2D eigenvalue weighted by atomic mass is 32.2. The van der Waals surface area contributed by atoms with Crippen molar-refractivity contribution in [3.05, 3.63) is 48.0 Å². The largest absolute Gasteiger partial charge is 0.525 e. The molecule has 0 amide bonds. The van der Waals surface area contributed by atoms with E-state index in [2.05, 4.69) is 30.3 Å². The van der Waals surface area contributed by atoms with Crippen LogP contribution >= 0.6 is 0 Å². The van der Waals surface area contributed by atoms with Gasteiger partial charge < -0.3 is 4.74 Å². The van der Waals surface area contributed by atoms with Crippen LogP contribution in [0, 0.1) is 0 Å². The van der Waals surface area contributed by atoms with Crippen molar-refractivity contribution in [3.8, 4) is 0 Å². The lowest BCUT2D eigenvalue weighted by molar-refractivity contribution is 0.180. The van der Waals surface area contributed by atoms with E-state index < -0.39 is 0 Å². The topological polar surface area (TPSA) is 26.3 Å². The van der Waals surface area contributed by atoms with E-state index in [1.165, 1.54) is 16.3 Å². The maximum Gasteiger partial charge on any atom is 0.525 e. The first-order valence-corrected chi connectivity index (χ1v) is 8.12. The molecule has 0 N–H and O–H groups in total. The Morgan fingerprint density at radius 2 is 1.84 bits per heavy atom. The van der Waals surface area contributed by atoms with Crippen LogP contribution in [-0.4, -0.2) is 17.7 Å². The molecule has 0 fully saturated rings. The van der Waals surface area contributed by atoms with Gasteiger partial charge >= 0.3 is 5.30 Å². The van der Waals surface area contributed by atoms with Gasteiger partial charge in [0.1, 0.15) is 22.4 Å². The normalized spacial score (nSPS) is 12.3. The maximum atomic E-state index is 11.8. The van der Waals surface area contributed by atoms with Crippen LogP contribution in [-0.2, 0) is 21.4 Å². The van der Waals surface area contributed by atoms with Gasteiger partial charge in [0.15, 0.2) is 0 Å². The molecule has 0 bridgehead atoms. The summed E-state index contributed by atoms with van der Waals surface area (Å²) in [5, 5.41) is 2.40. The average molecular weight is 275 g/mol. The molecule has 2 nitrogen and oxygen atoms in total. The number of hydrogen-bond acceptors (Lipinski definition) is 2. The minimum Gasteiger partial charge on any atom is -0.426 e. The average Bonchev–Trinajstić information content (AvgIpc) is 2.44. The van der Waals surface area contributed by atoms with Gasteiger partial charge in [-0.25, -0.2) is 0 Å². The molecule has 0 aliphatic rings. The maximum absolute atomic E-state index is 11.8. The number of ether oxygens (including phenoxy) is 1. The van der Waals surface area contributed by atoms with Crippen LogP contribution < -0.4 is 0 Å². The fourth-order valence-corrected chi connectivity index (χ4v) is 3.43. The second kappa shape index (κ2) is 6.62. The fourth-order valence-electron chi connectivity index (χ4n) is 2.01. The van der Waals surface area contributed by atoms with Crippen molar-refractivity contribution >= 4 is 27.0 Å². The standard InChI is InChI=1S/C16H19O2S/c1-3-18-16(17)19(4-2)12-13-9-10-14-7-5-6-8-15(14)11-13/h5-11H,3-4,12H2,1-2H3/q+1. The van der Waals surface area contributed by atoms with Gasteiger partial charge in [0, 0.05) is 5.56 Å². The first kappa shape index (κ1) is 13.9. The molecule has 0 spiro atoms. The molecule has 0 saturated carbocycles. The molecule has 2 aromatic rings. The zero-order chi connectivity index (χ0) is 13.7. The number of fused-ring (bicyclic) bond motifs is 1. The fraction of sp³-hybridized carbons (Fsp3) is 0.312. The highest BCUT2D eigenvalue weighted by Crippen LogP contribution is 2.19. The van der Waals surface area contributed by atoms with E-state index in [0.29, 0.717) is 6.61 Å². The third-order valence-electron chi connectivity index (χ3n) is 3.00. The molecule has 2 rings (SSSR count). The number of hydrogen-bond donors (Lipinski definition) is 0. The van der Waals surface area contributed by atoms with E-state index in [1.54, 1.807) is 0 Å². The third-order valence-corrected chi connectivity index (χ3v) is 4.97. The molecule has 1 unspecified atom stereocenters. The van der Waals surface area contributed by atoms with Crippen LogP contribution in [0.25, 0.3) is 10.8 Å². The summed E-state index contributed by atoms with van der Waals surface area (Å²) in [6.45, 7) is 4.35. The summed E-state index contributed by atoms with van der Waals surface area (Å²) in [4.78, 5) is 11.8. The predicted molar refractivity (Wildman–Crippen MR) is 82.6 cm³/mol. The van der Waals surface area contributed by atoms with Crippen LogP contribution in [0.15, 0.2) is 42.5 Å². The van der Waals surface area contributed by atoms with Crippen LogP contribution in [0.3, 0.4) is 0 Å². The zero-order valence-electron chi connectivity index (χ0n) is 11.4. The number of benzene rings is 2. The van der Waals surface area contributed by atoms with Crippen molar-refractivity contribution in [3.63, 3.8) is 0 Å². The number of carbonyl (C=O) groups excluding carboxylic acids is 1. The van der Waals surface area contributed by atoms with Crippen molar-refractivity contribution in [2.24, 2.45) is 0 Å². The van der Waals surface area contributed by atoms with Gasteiger partial charge in [0.25, 0.3) is 0 Å². The van der Waals surface area contributed by atoms with E-state index in [-0.39, 0.29) is 16.2 Å². The molecule has 19 heavy (non-hydrogen) atoms.